The summed E-state index contributed by atoms with van der Waals surface area (Å²) in [6.07, 6.45) is 0.169. The maximum Gasteiger partial charge on any atom is 0.304 e. The van der Waals surface area contributed by atoms with E-state index in [9.17, 15) is 19.7 Å². The van der Waals surface area contributed by atoms with Gasteiger partial charge in [-0.05, 0) is 12.1 Å². The minimum Gasteiger partial charge on any atom is -0.393 e. The van der Waals surface area contributed by atoms with E-state index in [1.807, 2.05) is 0 Å². The van der Waals surface area contributed by atoms with Crippen LogP contribution < -0.4 is 16.4 Å². The fourth-order valence-corrected chi connectivity index (χ4v) is 1.92. The topological polar surface area (TPSA) is 127 Å². The molecule has 1 atom stereocenters. The van der Waals surface area contributed by atoms with Crippen LogP contribution in [0.25, 0.3) is 0 Å². The first-order chi connectivity index (χ1) is 8.99. The summed E-state index contributed by atoms with van der Waals surface area (Å²) in [6.45, 7) is 0.320. The van der Waals surface area contributed by atoms with Gasteiger partial charge in [-0.15, -0.1) is 0 Å². The Morgan fingerprint density at radius 3 is 2.84 bits per heavy atom. The number of rotatable bonds is 3. The van der Waals surface area contributed by atoms with Crippen LogP contribution in [-0.2, 0) is 4.79 Å². The average molecular weight is 264 g/mol. The van der Waals surface area contributed by atoms with Gasteiger partial charge in [0.15, 0.2) is 0 Å². The van der Waals surface area contributed by atoms with Crippen molar-refractivity contribution in [2.24, 2.45) is 0 Å². The standard InChI is InChI=1S/C11H12N4O4/c12-8-3-1-2-7(10(8)15(18)19)11(17)14-6-4-9(16)13-5-6/h1-3,6H,4-5,12H2,(H,13,16)(H,14,17). The highest BCUT2D eigenvalue weighted by molar-refractivity contribution is 6.00. The quantitative estimate of drug-likeness (QED) is 0.395. The Morgan fingerprint density at radius 2 is 2.26 bits per heavy atom. The largest absolute Gasteiger partial charge is 0.393 e. The molecule has 0 bridgehead atoms. The van der Waals surface area contributed by atoms with Gasteiger partial charge in [0, 0.05) is 13.0 Å². The monoisotopic (exact) mass is 264 g/mol. The zero-order chi connectivity index (χ0) is 14.0. The average Bonchev–Trinajstić information content (AvgIpc) is 2.73. The summed E-state index contributed by atoms with van der Waals surface area (Å²) < 4.78 is 0. The van der Waals surface area contributed by atoms with E-state index < -0.39 is 16.5 Å². The fraction of sp³-hybridized carbons (Fsp3) is 0.273. The summed E-state index contributed by atoms with van der Waals surface area (Å²) in [6, 6.07) is 3.79. The summed E-state index contributed by atoms with van der Waals surface area (Å²) in [5.41, 5.74) is 4.90. The van der Waals surface area contributed by atoms with Crippen molar-refractivity contribution in [2.75, 3.05) is 12.3 Å². The third-order valence-electron chi connectivity index (χ3n) is 2.81. The highest BCUT2D eigenvalue weighted by Crippen LogP contribution is 2.25. The number of nitro groups is 1. The maximum atomic E-state index is 12.0. The summed E-state index contributed by atoms with van der Waals surface area (Å²) >= 11 is 0. The second kappa shape index (κ2) is 4.92. The van der Waals surface area contributed by atoms with Crippen LogP contribution in [0.1, 0.15) is 16.8 Å². The number of nitrogen functional groups attached to an aromatic ring is 1. The lowest BCUT2D eigenvalue weighted by atomic mass is 10.1. The normalized spacial score (nSPS) is 17.9. The SMILES string of the molecule is Nc1cccc(C(=O)NC2CNC(=O)C2)c1[N+](=O)[O-]. The van der Waals surface area contributed by atoms with Gasteiger partial charge in [-0.2, -0.15) is 0 Å². The van der Waals surface area contributed by atoms with E-state index in [0.29, 0.717) is 6.54 Å². The molecule has 0 spiro atoms. The van der Waals surface area contributed by atoms with Gasteiger partial charge in [0.25, 0.3) is 5.91 Å². The number of amides is 2. The Balaban J connectivity index is 2.22. The Kier molecular flexibility index (Phi) is 3.32. The van der Waals surface area contributed by atoms with Gasteiger partial charge in [-0.1, -0.05) is 6.07 Å². The summed E-state index contributed by atoms with van der Waals surface area (Å²) in [5.74, 6) is -0.770. The molecule has 1 fully saturated rings. The molecule has 4 N–H and O–H groups in total. The third kappa shape index (κ3) is 2.62. The lowest BCUT2D eigenvalue weighted by molar-refractivity contribution is -0.384. The molecule has 100 valence electrons. The predicted octanol–water partition coefficient (Wildman–Crippen LogP) is -0.205. The number of anilines is 1. The molecule has 1 aromatic rings. The Morgan fingerprint density at radius 1 is 1.53 bits per heavy atom. The lowest BCUT2D eigenvalue weighted by Crippen LogP contribution is -2.36. The van der Waals surface area contributed by atoms with E-state index >= 15 is 0 Å². The first-order valence-corrected chi connectivity index (χ1v) is 5.59. The van der Waals surface area contributed by atoms with Crippen molar-refractivity contribution in [3.63, 3.8) is 0 Å². The lowest BCUT2D eigenvalue weighted by Gasteiger charge is -2.11. The van der Waals surface area contributed by atoms with E-state index in [1.54, 1.807) is 0 Å². The number of nitrogens with one attached hydrogen (secondary N) is 2. The zero-order valence-electron chi connectivity index (χ0n) is 9.88. The van der Waals surface area contributed by atoms with Crippen LogP contribution in [0.4, 0.5) is 11.4 Å². The molecule has 8 heteroatoms. The smallest absolute Gasteiger partial charge is 0.304 e. The second-order valence-electron chi connectivity index (χ2n) is 4.18. The van der Waals surface area contributed by atoms with Gasteiger partial charge < -0.3 is 16.4 Å². The molecule has 2 rings (SSSR count). The van der Waals surface area contributed by atoms with Gasteiger partial charge >= 0.3 is 5.69 Å². The van der Waals surface area contributed by atoms with Crippen molar-refractivity contribution in [1.29, 1.82) is 0 Å². The van der Waals surface area contributed by atoms with Crippen LogP contribution in [0.3, 0.4) is 0 Å². The Hall–Kier alpha value is -2.64. The number of nitro benzene ring substituents is 1. The number of nitrogens with zero attached hydrogens (tertiary/aromatic N) is 1. The molecule has 0 aromatic heterocycles. The molecule has 1 unspecified atom stereocenters. The first-order valence-electron chi connectivity index (χ1n) is 5.59. The first kappa shape index (κ1) is 12.8. The molecule has 1 heterocycles. The Labute approximate surface area is 108 Å². The van der Waals surface area contributed by atoms with Crippen LogP contribution in [0.15, 0.2) is 18.2 Å². The minimum atomic E-state index is -0.692. The number of carbonyl (C=O) groups excluding carboxylic acids is 2. The van der Waals surface area contributed by atoms with E-state index in [2.05, 4.69) is 10.6 Å². The highest BCUT2D eigenvalue weighted by Gasteiger charge is 2.27. The molecule has 1 aromatic carbocycles. The van der Waals surface area contributed by atoms with Crippen LogP contribution in [0.2, 0.25) is 0 Å². The van der Waals surface area contributed by atoms with Gasteiger partial charge in [-0.25, -0.2) is 0 Å². The summed E-state index contributed by atoms with van der Waals surface area (Å²) in [7, 11) is 0. The molecular formula is C11H12N4O4. The number of hydrogen-bond donors (Lipinski definition) is 3. The predicted molar refractivity (Wildman–Crippen MR) is 66.4 cm³/mol. The van der Waals surface area contributed by atoms with Crippen molar-refractivity contribution in [2.45, 2.75) is 12.5 Å². The number of para-hydroxylation sites is 1. The number of hydrogen-bond acceptors (Lipinski definition) is 5. The molecule has 2 amide bonds. The van der Waals surface area contributed by atoms with E-state index in [-0.39, 0.29) is 29.6 Å². The van der Waals surface area contributed by atoms with Crippen molar-refractivity contribution in [3.05, 3.63) is 33.9 Å². The van der Waals surface area contributed by atoms with Crippen molar-refractivity contribution < 1.29 is 14.5 Å². The summed E-state index contributed by atoms with van der Waals surface area (Å²) in [5, 5.41) is 16.0. The minimum absolute atomic E-state index is 0.0710. The van der Waals surface area contributed by atoms with Crippen LogP contribution in [0, 0.1) is 10.1 Å². The van der Waals surface area contributed by atoms with Crippen molar-refractivity contribution in [3.8, 4) is 0 Å². The molecule has 8 nitrogen and oxygen atoms in total. The molecular weight excluding hydrogens is 252 g/mol. The molecule has 1 aliphatic heterocycles. The maximum absolute atomic E-state index is 12.0. The van der Waals surface area contributed by atoms with Gasteiger partial charge in [-0.3, -0.25) is 19.7 Å². The zero-order valence-corrected chi connectivity index (χ0v) is 9.88. The molecule has 0 saturated carbocycles. The third-order valence-corrected chi connectivity index (χ3v) is 2.81. The van der Waals surface area contributed by atoms with Gasteiger partial charge in [0.05, 0.1) is 11.0 Å². The number of benzene rings is 1. The molecule has 1 saturated heterocycles. The number of carbonyl (C=O) groups is 2. The molecule has 0 aliphatic carbocycles. The fourth-order valence-electron chi connectivity index (χ4n) is 1.92. The van der Waals surface area contributed by atoms with Crippen molar-refractivity contribution >= 4 is 23.2 Å². The van der Waals surface area contributed by atoms with E-state index in [4.69, 9.17) is 5.73 Å². The van der Waals surface area contributed by atoms with Gasteiger partial charge in [0.1, 0.15) is 11.3 Å². The van der Waals surface area contributed by atoms with Crippen molar-refractivity contribution in [1.82, 2.24) is 10.6 Å². The van der Waals surface area contributed by atoms with Crippen LogP contribution in [-0.4, -0.2) is 29.3 Å². The molecule has 1 aliphatic rings. The van der Waals surface area contributed by atoms with Gasteiger partial charge in [0.2, 0.25) is 5.91 Å². The van der Waals surface area contributed by atoms with Crippen LogP contribution in [0.5, 0.6) is 0 Å². The van der Waals surface area contributed by atoms with E-state index in [0.717, 1.165) is 0 Å². The molecule has 0 radical (unpaired) electrons. The highest BCUT2D eigenvalue weighted by atomic mass is 16.6. The Bertz CT molecular complexity index is 558. The second-order valence-corrected chi connectivity index (χ2v) is 4.18. The molecule has 19 heavy (non-hydrogen) atoms. The van der Waals surface area contributed by atoms with Crippen LogP contribution >= 0.6 is 0 Å². The number of nitrogens with two attached hydrogens (primary N) is 1. The van der Waals surface area contributed by atoms with E-state index in [1.165, 1.54) is 18.2 Å². The summed E-state index contributed by atoms with van der Waals surface area (Å²) in [4.78, 5) is 33.2.